The van der Waals surface area contributed by atoms with Gasteiger partial charge in [-0.1, -0.05) is 24.3 Å². The molecule has 2 aromatic carbocycles. The molecule has 36 heavy (non-hydrogen) atoms. The molecule has 2 aromatic rings. The van der Waals surface area contributed by atoms with E-state index in [1.165, 1.54) is 17.7 Å². The molecule has 1 saturated carbocycles. The Morgan fingerprint density at radius 1 is 0.917 bits per heavy atom. The minimum absolute atomic E-state index is 0.0341. The maximum absolute atomic E-state index is 12.2. The number of hydrogen-bond acceptors (Lipinski definition) is 4. The van der Waals surface area contributed by atoms with Crippen LogP contribution in [0.4, 0.5) is 18.9 Å². The van der Waals surface area contributed by atoms with Gasteiger partial charge in [-0.2, -0.15) is 0 Å². The lowest BCUT2D eigenvalue weighted by Crippen LogP contribution is -2.28. The summed E-state index contributed by atoms with van der Waals surface area (Å²) < 4.78 is 40.4. The predicted molar refractivity (Wildman–Crippen MR) is 126 cm³/mol. The maximum Gasteiger partial charge on any atom is 0.573 e. The average molecular weight is 507 g/mol. The molecule has 0 bridgehead atoms. The molecule has 0 heterocycles. The fourth-order valence-electron chi connectivity index (χ4n) is 4.38. The van der Waals surface area contributed by atoms with Crippen molar-refractivity contribution in [3.63, 3.8) is 0 Å². The highest BCUT2D eigenvalue weighted by atomic mass is 19.4. The number of carboxylic acids is 1. The third-order valence-electron chi connectivity index (χ3n) is 6.17. The zero-order valence-electron chi connectivity index (χ0n) is 19.6. The van der Waals surface area contributed by atoms with Crippen LogP contribution in [-0.2, 0) is 20.8 Å². The molecule has 0 aromatic heterocycles. The highest BCUT2D eigenvalue weighted by Crippen LogP contribution is 2.37. The predicted octanol–water partition coefficient (Wildman–Crippen LogP) is 5.02. The number of anilines is 1. The Balaban J connectivity index is 1.35. The summed E-state index contributed by atoms with van der Waals surface area (Å²) >= 11 is 0. The van der Waals surface area contributed by atoms with Crippen molar-refractivity contribution in [2.24, 2.45) is 5.92 Å². The summed E-state index contributed by atoms with van der Waals surface area (Å²) in [4.78, 5) is 35.1. The summed E-state index contributed by atoms with van der Waals surface area (Å²) in [5.41, 5.74) is 2.34. The van der Waals surface area contributed by atoms with Gasteiger partial charge in [0.05, 0.1) is 6.42 Å². The van der Waals surface area contributed by atoms with Crippen molar-refractivity contribution in [2.45, 2.75) is 57.2 Å². The summed E-state index contributed by atoms with van der Waals surface area (Å²) in [7, 11) is 0. The Hall–Kier alpha value is -3.56. The smallest absolute Gasteiger partial charge is 0.481 e. The van der Waals surface area contributed by atoms with Gasteiger partial charge in [0.2, 0.25) is 11.8 Å². The van der Waals surface area contributed by atoms with E-state index in [1.807, 2.05) is 24.3 Å². The molecule has 1 aliphatic rings. The van der Waals surface area contributed by atoms with Crippen molar-refractivity contribution in [1.29, 1.82) is 0 Å². The third kappa shape index (κ3) is 9.24. The number of amides is 2. The van der Waals surface area contributed by atoms with Crippen LogP contribution < -0.4 is 15.4 Å². The van der Waals surface area contributed by atoms with Gasteiger partial charge in [0.15, 0.2) is 0 Å². The fraction of sp³-hybridized carbons (Fsp3) is 0.423. The van der Waals surface area contributed by atoms with E-state index >= 15 is 0 Å². The molecule has 0 atom stereocenters. The zero-order chi connectivity index (χ0) is 26.1. The summed E-state index contributed by atoms with van der Waals surface area (Å²) in [6, 6.07) is 12.6. The van der Waals surface area contributed by atoms with Crippen LogP contribution in [0.15, 0.2) is 48.5 Å². The van der Waals surface area contributed by atoms with Crippen LogP contribution in [0.3, 0.4) is 0 Å². The van der Waals surface area contributed by atoms with Gasteiger partial charge in [-0.25, -0.2) is 0 Å². The monoisotopic (exact) mass is 506 g/mol. The molecule has 3 N–H and O–H groups in total. The van der Waals surface area contributed by atoms with E-state index < -0.39 is 12.3 Å². The van der Waals surface area contributed by atoms with Gasteiger partial charge in [-0.15, -0.1) is 13.2 Å². The Morgan fingerprint density at radius 3 is 2.14 bits per heavy atom. The van der Waals surface area contributed by atoms with Crippen LogP contribution in [0.25, 0.3) is 0 Å². The molecular weight excluding hydrogens is 477 g/mol. The lowest BCUT2D eigenvalue weighted by Gasteiger charge is -2.28. The SMILES string of the molecule is O=C(O)C[C@H]1CC[C@H](c2ccc(NC(=O)CCNC(=O)Cc3ccc(OC(F)(F)F)cc3)cc2)CC1. The van der Waals surface area contributed by atoms with Crippen molar-refractivity contribution in [3.8, 4) is 5.75 Å². The molecule has 7 nitrogen and oxygen atoms in total. The minimum atomic E-state index is -4.77. The number of ether oxygens (including phenoxy) is 1. The lowest BCUT2D eigenvalue weighted by atomic mass is 9.77. The molecule has 0 aliphatic heterocycles. The van der Waals surface area contributed by atoms with Gasteiger partial charge in [-0.3, -0.25) is 14.4 Å². The normalized spacial score (nSPS) is 17.8. The van der Waals surface area contributed by atoms with Crippen LogP contribution in [0.2, 0.25) is 0 Å². The average Bonchev–Trinajstić information content (AvgIpc) is 2.80. The molecule has 194 valence electrons. The Kier molecular flexibility index (Phi) is 9.32. The van der Waals surface area contributed by atoms with Crippen LogP contribution in [0.5, 0.6) is 5.75 Å². The first-order valence-electron chi connectivity index (χ1n) is 11.8. The second-order valence-electron chi connectivity index (χ2n) is 8.95. The number of alkyl halides is 3. The number of rotatable bonds is 10. The quantitative estimate of drug-likeness (QED) is 0.420. The second kappa shape index (κ2) is 12.4. The summed E-state index contributed by atoms with van der Waals surface area (Å²) in [6.45, 7) is 0.123. The van der Waals surface area contributed by atoms with Crippen molar-refractivity contribution in [3.05, 3.63) is 59.7 Å². The van der Waals surface area contributed by atoms with Gasteiger partial charge in [-0.05, 0) is 72.9 Å². The van der Waals surface area contributed by atoms with Crippen molar-refractivity contribution in [2.75, 3.05) is 11.9 Å². The maximum atomic E-state index is 12.2. The van der Waals surface area contributed by atoms with Gasteiger partial charge < -0.3 is 20.5 Å². The molecule has 1 aliphatic carbocycles. The summed E-state index contributed by atoms with van der Waals surface area (Å²) in [6.07, 6.45) is -0.799. The van der Waals surface area contributed by atoms with E-state index in [2.05, 4.69) is 15.4 Å². The summed E-state index contributed by atoms with van der Waals surface area (Å²) in [5, 5.41) is 14.3. The second-order valence-corrected chi connectivity index (χ2v) is 8.95. The zero-order valence-corrected chi connectivity index (χ0v) is 19.6. The highest BCUT2D eigenvalue weighted by Gasteiger charge is 2.31. The first-order valence-corrected chi connectivity index (χ1v) is 11.8. The summed E-state index contributed by atoms with van der Waals surface area (Å²) in [5.74, 6) is -1.08. The first kappa shape index (κ1) is 27.0. The number of carbonyl (C=O) groups excluding carboxylic acids is 2. The molecule has 1 fully saturated rings. The van der Waals surface area contributed by atoms with E-state index in [0.29, 0.717) is 17.2 Å². The van der Waals surface area contributed by atoms with E-state index in [9.17, 15) is 27.6 Å². The van der Waals surface area contributed by atoms with Crippen LogP contribution in [-0.4, -0.2) is 35.8 Å². The van der Waals surface area contributed by atoms with E-state index in [-0.39, 0.29) is 49.3 Å². The number of nitrogens with one attached hydrogen (secondary N) is 2. The van der Waals surface area contributed by atoms with E-state index in [1.54, 1.807) is 0 Å². The Morgan fingerprint density at radius 2 is 1.56 bits per heavy atom. The van der Waals surface area contributed by atoms with Gasteiger partial charge in [0, 0.05) is 25.1 Å². The Labute approximate surface area is 207 Å². The van der Waals surface area contributed by atoms with E-state index in [4.69, 9.17) is 5.11 Å². The number of aliphatic carboxylic acids is 1. The van der Waals surface area contributed by atoms with Gasteiger partial charge in [0.25, 0.3) is 0 Å². The molecule has 0 saturated heterocycles. The van der Waals surface area contributed by atoms with Crippen LogP contribution in [0.1, 0.15) is 55.6 Å². The minimum Gasteiger partial charge on any atom is -0.481 e. The van der Waals surface area contributed by atoms with Crippen molar-refractivity contribution in [1.82, 2.24) is 5.32 Å². The molecule has 0 spiro atoms. The number of carbonyl (C=O) groups is 3. The standard InChI is InChI=1S/C26H29F3N2O5/c27-26(28,29)36-22-11-3-17(4-12-22)15-24(33)30-14-13-23(32)31-21-9-7-20(8-10-21)19-5-1-18(2-6-19)16-25(34)35/h3-4,7-12,18-19H,1-2,5-6,13-16H2,(H,30,33)(H,31,32)(H,34,35)/t18-,19-. The third-order valence-corrected chi connectivity index (χ3v) is 6.17. The molecule has 3 rings (SSSR count). The number of hydrogen-bond donors (Lipinski definition) is 3. The van der Waals surface area contributed by atoms with Crippen molar-refractivity contribution < 1.29 is 37.4 Å². The fourth-order valence-corrected chi connectivity index (χ4v) is 4.38. The number of carboxylic acid groups (broad SMARTS) is 1. The van der Waals surface area contributed by atoms with Crippen molar-refractivity contribution >= 4 is 23.5 Å². The van der Waals surface area contributed by atoms with Gasteiger partial charge in [0.1, 0.15) is 5.75 Å². The Bertz CT molecular complexity index is 1030. The molecular formula is C26H29F3N2O5. The topological polar surface area (TPSA) is 105 Å². The highest BCUT2D eigenvalue weighted by molar-refractivity contribution is 5.91. The largest absolute Gasteiger partial charge is 0.573 e. The molecule has 2 amide bonds. The number of benzene rings is 2. The van der Waals surface area contributed by atoms with Crippen LogP contribution in [0, 0.1) is 5.92 Å². The van der Waals surface area contributed by atoms with Gasteiger partial charge >= 0.3 is 12.3 Å². The lowest BCUT2D eigenvalue weighted by molar-refractivity contribution is -0.274. The number of halogens is 3. The molecule has 0 radical (unpaired) electrons. The van der Waals surface area contributed by atoms with E-state index in [0.717, 1.165) is 37.8 Å². The first-order chi connectivity index (χ1) is 17.1. The van der Waals surface area contributed by atoms with Crippen LogP contribution >= 0.6 is 0 Å². The molecule has 0 unspecified atom stereocenters. The molecule has 10 heteroatoms.